The van der Waals surface area contributed by atoms with Crippen LogP contribution in [0, 0.1) is 11.8 Å². The molecule has 0 radical (unpaired) electrons. The molecule has 0 aromatic heterocycles. The van der Waals surface area contributed by atoms with Crippen molar-refractivity contribution in [1.82, 2.24) is 5.32 Å². The molecule has 1 saturated carbocycles. The molecule has 1 N–H and O–H groups in total. The number of amides is 1. The molecular weight excluding hydrogens is 306 g/mol. The number of hydrogen-bond acceptors (Lipinski definition) is 4. The minimum atomic E-state index is -0.299. The third kappa shape index (κ3) is 4.07. The second kappa shape index (κ2) is 8.47. The van der Waals surface area contributed by atoms with Gasteiger partial charge in [0.25, 0.3) is 0 Å². The fourth-order valence-electron chi connectivity index (χ4n) is 3.92. The van der Waals surface area contributed by atoms with Gasteiger partial charge in [0.1, 0.15) is 0 Å². The molecule has 24 heavy (non-hydrogen) atoms. The second-order valence-electron chi connectivity index (χ2n) is 6.80. The Labute approximate surface area is 144 Å². The average Bonchev–Trinajstić information content (AvgIpc) is 2.58. The first kappa shape index (κ1) is 18.7. The minimum Gasteiger partial charge on any atom is -0.465 e. The Bertz CT molecular complexity index is 544. The monoisotopic (exact) mass is 335 g/mol. The molecule has 0 bridgehead atoms. The Morgan fingerprint density at radius 2 is 1.88 bits per heavy atom. The van der Waals surface area contributed by atoms with E-state index in [4.69, 9.17) is 9.47 Å². The lowest BCUT2D eigenvalue weighted by molar-refractivity contribution is -0.136. The van der Waals surface area contributed by atoms with Crippen molar-refractivity contribution in [3.05, 3.63) is 22.8 Å². The maximum atomic E-state index is 12.5. The van der Waals surface area contributed by atoms with Crippen LogP contribution in [0.3, 0.4) is 0 Å². The number of carbonyl (C=O) groups is 2. The topological polar surface area (TPSA) is 64.6 Å². The van der Waals surface area contributed by atoms with Crippen molar-refractivity contribution in [1.29, 1.82) is 0 Å². The molecule has 0 saturated heterocycles. The van der Waals surface area contributed by atoms with Crippen molar-refractivity contribution >= 4 is 11.9 Å². The van der Waals surface area contributed by atoms with Gasteiger partial charge in [-0.3, -0.25) is 4.79 Å². The van der Waals surface area contributed by atoms with E-state index in [0.717, 1.165) is 24.0 Å². The number of esters is 1. The van der Waals surface area contributed by atoms with E-state index in [1.807, 2.05) is 6.92 Å². The van der Waals surface area contributed by atoms with E-state index in [-0.39, 0.29) is 23.8 Å². The SMILES string of the molecule is COCC1=C(C(=O)OC)C(C2CCCCC2)=C[C@H](NC(C)=O)[C@@H]1C. The van der Waals surface area contributed by atoms with E-state index in [2.05, 4.69) is 11.4 Å². The summed E-state index contributed by atoms with van der Waals surface area (Å²) in [5.74, 6) is -0.0184. The number of rotatable bonds is 5. The van der Waals surface area contributed by atoms with E-state index < -0.39 is 0 Å². The molecule has 0 spiro atoms. The Morgan fingerprint density at radius 3 is 2.42 bits per heavy atom. The van der Waals surface area contributed by atoms with E-state index in [1.54, 1.807) is 7.11 Å². The highest BCUT2D eigenvalue weighted by Gasteiger charge is 2.36. The van der Waals surface area contributed by atoms with Crippen LogP contribution in [0.15, 0.2) is 22.8 Å². The van der Waals surface area contributed by atoms with Gasteiger partial charge in [0.2, 0.25) is 5.91 Å². The van der Waals surface area contributed by atoms with Crippen LogP contribution < -0.4 is 5.32 Å². The third-order valence-electron chi connectivity index (χ3n) is 5.16. The van der Waals surface area contributed by atoms with Crippen molar-refractivity contribution in [3.8, 4) is 0 Å². The molecule has 5 nitrogen and oxygen atoms in total. The van der Waals surface area contributed by atoms with Crippen LogP contribution in [0.1, 0.15) is 46.0 Å². The third-order valence-corrected chi connectivity index (χ3v) is 5.16. The summed E-state index contributed by atoms with van der Waals surface area (Å²) in [6, 6.07) is -0.113. The summed E-state index contributed by atoms with van der Waals surface area (Å²) in [4.78, 5) is 24.1. The van der Waals surface area contributed by atoms with E-state index in [1.165, 1.54) is 33.3 Å². The number of ether oxygens (including phenoxy) is 2. The lowest BCUT2D eigenvalue weighted by Gasteiger charge is -2.35. The van der Waals surface area contributed by atoms with E-state index in [9.17, 15) is 9.59 Å². The molecular formula is C19H29NO4. The zero-order valence-corrected chi connectivity index (χ0v) is 15.2. The quantitative estimate of drug-likeness (QED) is 0.785. The average molecular weight is 335 g/mol. The zero-order valence-electron chi connectivity index (χ0n) is 15.2. The molecule has 1 fully saturated rings. The highest BCUT2D eigenvalue weighted by atomic mass is 16.5. The molecule has 5 heteroatoms. The van der Waals surface area contributed by atoms with Crippen LogP contribution >= 0.6 is 0 Å². The first-order valence-electron chi connectivity index (χ1n) is 8.79. The fourth-order valence-corrected chi connectivity index (χ4v) is 3.92. The molecule has 0 heterocycles. The molecule has 134 valence electrons. The Hall–Kier alpha value is -1.62. The van der Waals surface area contributed by atoms with Gasteiger partial charge in [-0.25, -0.2) is 4.79 Å². The Balaban J connectivity index is 2.47. The molecule has 2 aliphatic carbocycles. The van der Waals surface area contributed by atoms with Crippen molar-refractivity contribution in [2.45, 2.75) is 52.0 Å². The summed E-state index contributed by atoms with van der Waals surface area (Å²) in [6.07, 6.45) is 7.83. The Kier molecular flexibility index (Phi) is 6.60. The van der Waals surface area contributed by atoms with Gasteiger partial charge < -0.3 is 14.8 Å². The molecule has 0 unspecified atom stereocenters. The molecule has 2 rings (SSSR count). The van der Waals surface area contributed by atoms with Crippen LogP contribution in [0.4, 0.5) is 0 Å². The standard InChI is InChI=1S/C19H29NO4/c1-12-16(11-23-3)18(19(22)24-4)15(10-17(12)20-13(2)21)14-8-6-5-7-9-14/h10,12,14,17H,5-9,11H2,1-4H3,(H,20,21)/t12-,17+/m1/s1. The van der Waals surface area contributed by atoms with Gasteiger partial charge in [-0.05, 0) is 29.9 Å². The van der Waals surface area contributed by atoms with Crippen LogP contribution in [-0.2, 0) is 19.1 Å². The maximum absolute atomic E-state index is 12.5. The van der Waals surface area contributed by atoms with Gasteiger partial charge in [-0.2, -0.15) is 0 Å². The zero-order chi connectivity index (χ0) is 17.7. The predicted molar refractivity (Wildman–Crippen MR) is 92.3 cm³/mol. The van der Waals surface area contributed by atoms with Crippen molar-refractivity contribution in [3.63, 3.8) is 0 Å². The smallest absolute Gasteiger partial charge is 0.338 e. The normalized spacial score (nSPS) is 25.2. The summed E-state index contributed by atoms with van der Waals surface area (Å²) in [6.45, 7) is 3.91. The Morgan fingerprint density at radius 1 is 1.21 bits per heavy atom. The number of nitrogens with one attached hydrogen (secondary N) is 1. The molecule has 0 aliphatic heterocycles. The van der Waals surface area contributed by atoms with Crippen molar-refractivity contribution in [2.75, 3.05) is 20.8 Å². The molecule has 1 amide bonds. The van der Waals surface area contributed by atoms with Crippen LogP contribution in [0.2, 0.25) is 0 Å². The number of carbonyl (C=O) groups excluding carboxylic acids is 2. The molecule has 2 aliphatic rings. The summed E-state index contributed by atoms with van der Waals surface area (Å²) in [7, 11) is 3.05. The molecule has 0 aromatic rings. The van der Waals surface area contributed by atoms with Gasteiger partial charge in [0, 0.05) is 20.0 Å². The summed E-state index contributed by atoms with van der Waals surface area (Å²) in [5.41, 5.74) is 2.62. The van der Waals surface area contributed by atoms with Gasteiger partial charge in [-0.15, -0.1) is 0 Å². The fraction of sp³-hybridized carbons (Fsp3) is 0.684. The maximum Gasteiger partial charge on any atom is 0.338 e. The largest absolute Gasteiger partial charge is 0.465 e. The van der Waals surface area contributed by atoms with Gasteiger partial charge in [-0.1, -0.05) is 32.3 Å². The summed E-state index contributed by atoms with van der Waals surface area (Å²) >= 11 is 0. The molecule has 0 aromatic carbocycles. The van der Waals surface area contributed by atoms with Crippen molar-refractivity contribution in [2.24, 2.45) is 11.8 Å². The van der Waals surface area contributed by atoms with Gasteiger partial charge in [0.15, 0.2) is 0 Å². The highest BCUT2D eigenvalue weighted by Crippen LogP contribution is 2.40. The summed E-state index contributed by atoms with van der Waals surface area (Å²) < 4.78 is 10.4. The second-order valence-corrected chi connectivity index (χ2v) is 6.80. The van der Waals surface area contributed by atoms with Gasteiger partial charge >= 0.3 is 5.97 Å². The first-order valence-corrected chi connectivity index (χ1v) is 8.79. The molecule has 2 atom stereocenters. The first-order chi connectivity index (χ1) is 11.5. The van der Waals surface area contributed by atoms with E-state index in [0.29, 0.717) is 18.1 Å². The number of methoxy groups -OCH3 is 2. The summed E-state index contributed by atoms with van der Waals surface area (Å²) in [5, 5.41) is 3.01. The predicted octanol–water partition coefficient (Wildman–Crippen LogP) is 2.76. The van der Waals surface area contributed by atoms with Crippen LogP contribution in [-0.4, -0.2) is 38.7 Å². The highest BCUT2D eigenvalue weighted by molar-refractivity contribution is 5.95. The van der Waals surface area contributed by atoms with Crippen LogP contribution in [0.25, 0.3) is 0 Å². The van der Waals surface area contributed by atoms with Crippen molar-refractivity contribution < 1.29 is 19.1 Å². The minimum absolute atomic E-state index is 0.00436. The number of hydrogen-bond donors (Lipinski definition) is 1. The van der Waals surface area contributed by atoms with Gasteiger partial charge in [0.05, 0.1) is 25.3 Å². The van der Waals surface area contributed by atoms with E-state index >= 15 is 0 Å². The lowest BCUT2D eigenvalue weighted by atomic mass is 9.73. The lowest BCUT2D eigenvalue weighted by Crippen LogP contribution is -2.42. The van der Waals surface area contributed by atoms with Crippen LogP contribution in [0.5, 0.6) is 0 Å².